The zero-order valence-corrected chi connectivity index (χ0v) is 8.22. The SMILES string of the molecule is CCCCC([O])C1CCCCC1. The molecule has 1 fully saturated rings. The van der Waals surface area contributed by atoms with Crippen molar-refractivity contribution >= 4 is 0 Å². The molecule has 1 saturated carbocycles. The van der Waals surface area contributed by atoms with E-state index in [-0.39, 0.29) is 6.10 Å². The molecule has 12 heavy (non-hydrogen) atoms. The van der Waals surface area contributed by atoms with E-state index in [4.69, 9.17) is 0 Å². The summed E-state index contributed by atoms with van der Waals surface area (Å²) in [4.78, 5) is 0. The zero-order valence-electron chi connectivity index (χ0n) is 8.22. The van der Waals surface area contributed by atoms with Crippen LogP contribution in [0.15, 0.2) is 0 Å². The average molecular weight is 169 g/mol. The van der Waals surface area contributed by atoms with Crippen LogP contribution in [-0.4, -0.2) is 6.10 Å². The highest BCUT2D eigenvalue weighted by molar-refractivity contribution is 4.72. The van der Waals surface area contributed by atoms with Gasteiger partial charge >= 0.3 is 0 Å². The summed E-state index contributed by atoms with van der Waals surface area (Å²) in [6.45, 7) is 2.16. The molecule has 0 saturated heterocycles. The smallest absolute Gasteiger partial charge is 0.0958 e. The van der Waals surface area contributed by atoms with E-state index in [1.54, 1.807) is 0 Å². The third kappa shape index (κ3) is 3.14. The second-order valence-corrected chi connectivity index (χ2v) is 4.08. The molecule has 0 aromatic heterocycles. The maximum atomic E-state index is 11.6. The summed E-state index contributed by atoms with van der Waals surface area (Å²) >= 11 is 0. The van der Waals surface area contributed by atoms with Crippen molar-refractivity contribution in [3.63, 3.8) is 0 Å². The summed E-state index contributed by atoms with van der Waals surface area (Å²) in [7, 11) is 0. The van der Waals surface area contributed by atoms with E-state index in [0.717, 1.165) is 12.8 Å². The average Bonchev–Trinajstić information content (AvgIpc) is 2.15. The van der Waals surface area contributed by atoms with Crippen LogP contribution in [0.4, 0.5) is 0 Å². The summed E-state index contributed by atoms with van der Waals surface area (Å²) in [5, 5.41) is 11.6. The van der Waals surface area contributed by atoms with Crippen molar-refractivity contribution in [3.05, 3.63) is 0 Å². The standard InChI is InChI=1S/C11H21O/c1-2-3-9-11(12)10-7-5-4-6-8-10/h10-11H,2-9H2,1H3. The molecule has 0 heterocycles. The van der Waals surface area contributed by atoms with Crippen molar-refractivity contribution in [2.24, 2.45) is 5.92 Å². The van der Waals surface area contributed by atoms with Crippen molar-refractivity contribution in [1.29, 1.82) is 0 Å². The topological polar surface area (TPSA) is 19.9 Å². The molecular weight excluding hydrogens is 148 g/mol. The van der Waals surface area contributed by atoms with Crippen LogP contribution in [0.1, 0.15) is 58.3 Å². The molecule has 1 heteroatoms. The minimum atomic E-state index is -0.245. The van der Waals surface area contributed by atoms with Gasteiger partial charge in [0.2, 0.25) is 0 Å². The second-order valence-electron chi connectivity index (χ2n) is 4.08. The van der Waals surface area contributed by atoms with Gasteiger partial charge in [-0.3, -0.25) is 0 Å². The van der Waals surface area contributed by atoms with Gasteiger partial charge in [-0.25, -0.2) is 5.11 Å². The maximum absolute atomic E-state index is 11.6. The number of rotatable bonds is 4. The second kappa shape index (κ2) is 5.58. The van der Waals surface area contributed by atoms with Gasteiger partial charge in [0.25, 0.3) is 0 Å². The Hall–Kier alpha value is -0.0400. The van der Waals surface area contributed by atoms with Crippen molar-refractivity contribution in [1.82, 2.24) is 0 Å². The Kier molecular flexibility index (Phi) is 4.67. The minimum absolute atomic E-state index is 0.245. The molecule has 0 spiro atoms. The number of unbranched alkanes of at least 4 members (excludes halogenated alkanes) is 1. The van der Waals surface area contributed by atoms with E-state index in [1.165, 1.54) is 38.5 Å². The lowest BCUT2D eigenvalue weighted by atomic mass is 9.84. The zero-order chi connectivity index (χ0) is 8.81. The van der Waals surface area contributed by atoms with Gasteiger partial charge in [-0.1, -0.05) is 39.0 Å². The lowest BCUT2D eigenvalue weighted by Gasteiger charge is -2.24. The molecule has 0 aromatic carbocycles. The van der Waals surface area contributed by atoms with Gasteiger partial charge in [0.1, 0.15) is 0 Å². The van der Waals surface area contributed by atoms with Crippen LogP contribution in [0.2, 0.25) is 0 Å². The van der Waals surface area contributed by atoms with Gasteiger partial charge in [-0.05, 0) is 25.2 Å². The van der Waals surface area contributed by atoms with Crippen LogP contribution in [0.25, 0.3) is 0 Å². The lowest BCUT2D eigenvalue weighted by Crippen LogP contribution is -2.21. The molecule has 1 nitrogen and oxygen atoms in total. The minimum Gasteiger partial charge on any atom is -0.233 e. The highest BCUT2D eigenvalue weighted by atomic mass is 16.3. The Morgan fingerprint density at radius 1 is 1.25 bits per heavy atom. The van der Waals surface area contributed by atoms with Crippen molar-refractivity contribution in [2.45, 2.75) is 64.4 Å². The molecule has 0 aliphatic heterocycles. The first-order valence-corrected chi connectivity index (χ1v) is 5.50. The predicted octanol–water partition coefficient (Wildman–Crippen LogP) is 3.56. The normalized spacial score (nSPS) is 22.5. The fourth-order valence-corrected chi connectivity index (χ4v) is 2.15. The van der Waals surface area contributed by atoms with Gasteiger partial charge in [0.15, 0.2) is 0 Å². The maximum Gasteiger partial charge on any atom is 0.0958 e. The highest BCUT2D eigenvalue weighted by Gasteiger charge is 2.21. The van der Waals surface area contributed by atoms with Crippen LogP contribution in [0.3, 0.4) is 0 Å². The molecule has 1 rings (SSSR count). The molecule has 1 atom stereocenters. The Labute approximate surface area is 76.2 Å². The highest BCUT2D eigenvalue weighted by Crippen LogP contribution is 2.28. The molecule has 0 N–H and O–H groups in total. The predicted molar refractivity (Wildman–Crippen MR) is 50.6 cm³/mol. The molecule has 1 aliphatic rings. The van der Waals surface area contributed by atoms with Gasteiger partial charge in [0.05, 0.1) is 6.10 Å². The van der Waals surface area contributed by atoms with E-state index in [1.807, 2.05) is 0 Å². The first-order chi connectivity index (χ1) is 5.84. The third-order valence-corrected chi connectivity index (χ3v) is 3.02. The summed E-state index contributed by atoms with van der Waals surface area (Å²) < 4.78 is 0. The van der Waals surface area contributed by atoms with E-state index < -0.39 is 0 Å². The first-order valence-electron chi connectivity index (χ1n) is 5.50. The number of hydrogen-bond donors (Lipinski definition) is 0. The van der Waals surface area contributed by atoms with Crippen molar-refractivity contribution in [3.8, 4) is 0 Å². The van der Waals surface area contributed by atoms with Gasteiger partial charge < -0.3 is 0 Å². The molecule has 1 aliphatic carbocycles. The van der Waals surface area contributed by atoms with Crippen LogP contribution in [0, 0.1) is 5.92 Å². The molecule has 0 amide bonds. The van der Waals surface area contributed by atoms with Crippen LogP contribution < -0.4 is 0 Å². The molecule has 0 aromatic rings. The van der Waals surface area contributed by atoms with Gasteiger partial charge in [0, 0.05) is 0 Å². The Bertz CT molecular complexity index is 106. The van der Waals surface area contributed by atoms with E-state index >= 15 is 0 Å². The molecule has 71 valence electrons. The summed E-state index contributed by atoms with van der Waals surface area (Å²) in [5.41, 5.74) is 0. The Balaban J connectivity index is 2.15. The van der Waals surface area contributed by atoms with E-state index in [9.17, 15) is 5.11 Å². The Morgan fingerprint density at radius 3 is 2.50 bits per heavy atom. The van der Waals surface area contributed by atoms with Crippen molar-refractivity contribution < 1.29 is 5.11 Å². The summed E-state index contributed by atoms with van der Waals surface area (Å²) in [5.74, 6) is 0.519. The Morgan fingerprint density at radius 2 is 1.92 bits per heavy atom. The van der Waals surface area contributed by atoms with Gasteiger partial charge in [-0.15, -0.1) is 0 Å². The van der Waals surface area contributed by atoms with Crippen molar-refractivity contribution in [2.75, 3.05) is 0 Å². The van der Waals surface area contributed by atoms with E-state index in [0.29, 0.717) is 5.92 Å². The molecule has 0 bridgehead atoms. The van der Waals surface area contributed by atoms with Crippen LogP contribution in [0.5, 0.6) is 0 Å². The monoisotopic (exact) mass is 169 g/mol. The molecule has 1 radical (unpaired) electrons. The fraction of sp³-hybridized carbons (Fsp3) is 1.00. The largest absolute Gasteiger partial charge is 0.233 e. The van der Waals surface area contributed by atoms with Crippen LogP contribution >= 0.6 is 0 Å². The fourth-order valence-electron chi connectivity index (χ4n) is 2.15. The third-order valence-electron chi connectivity index (χ3n) is 3.02. The molecule has 1 unspecified atom stereocenters. The van der Waals surface area contributed by atoms with Gasteiger partial charge in [-0.2, -0.15) is 0 Å². The molecular formula is C11H21O. The summed E-state index contributed by atoms with van der Waals surface area (Å²) in [6, 6.07) is 0. The quantitative estimate of drug-likeness (QED) is 0.613. The number of hydrogen-bond acceptors (Lipinski definition) is 0. The van der Waals surface area contributed by atoms with Crippen LogP contribution in [-0.2, 0) is 5.11 Å². The summed E-state index contributed by atoms with van der Waals surface area (Å²) in [6.07, 6.45) is 9.35. The lowest BCUT2D eigenvalue weighted by molar-refractivity contribution is 0.0137. The first kappa shape index (κ1) is 10.0. The van der Waals surface area contributed by atoms with E-state index in [2.05, 4.69) is 6.92 Å².